The van der Waals surface area contributed by atoms with E-state index in [2.05, 4.69) is 4.72 Å². The first-order valence-electron chi connectivity index (χ1n) is 7.03. The van der Waals surface area contributed by atoms with Gasteiger partial charge in [0.05, 0.1) is 11.5 Å². The molecule has 1 aliphatic rings. The molecule has 1 fully saturated rings. The summed E-state index contributed by atoms with van der Waals surface area (Å²) < 4.78 is 37.3. The van der Waals surface area contributed by atoms with E-state index in [9.17, 15) is 8.42 Å². The standard InChI is InChI=1S/C14H21NO5S/c16-8-10-20-13-1-3-14(4-2-13)21(17,18)15-7-5-12-6-9-19-11-12/h1-4,12,15-16H,5-11H2. The van der Waals surface area contributed by atoms with Gasteiger partial charge in [-0.3, -0.25) is 0 Å². The fraction of sp³-hybridized carbons (Fsp3) is 0.571. The summed E-state index contributed by atoms with van der Waals surface area (Å²) in [5.74, 6) is 0.980. The number of hydrogen-bond donors (Lipinski definition) is 2. The average Bonchev–Trinajstić information content (AvgIpc) is 2.98. The van der Waals surface area contributed by atoms with Crippen LogP contribution in [-0.2, 0) is 14.8 Å². The van der Waals surface area contributed by atoms with Gasteiger partial charge in [-0.2, -0.15) is 0 Å². The Morgan fingerprint density at radius 1 is 1.33 bits per heavy atom. The van der Waals surface area contributed by atoms with Gasteiger partial charge in [0.15, 0.2) is 0 Å². The van der Waals surface area contributed by atoms with Crippen LogP contribution >= 0.6 is 0 Å². The minimum absolute atomic E-state index is 0.0769. The van der Waals surface area contributed by atoms with E-state index in [0.717, 1.165) is 26.1 Å². The zero-order valence-corrected chi connectivity index (χ0v) is 12.6. The summed E-state index contributed by atoms with van der Waals surface area (Å²) in [7, 11) is -3.48. The fourth-order valence-electron chi connectivity index (χ4n) is 2.17. The molecule has 1 aromatic carbocycles. The van der Waals surface area contributed by atoms with Gasteiger partial charge in [-0.05, 0) is 43.0 Å². The monoisotopic (exact) mass is 315 g/mol. The van der Waals surface area contributed by atoms with E-state index < -0.39 is 10.0 Å². The molecule has 6 nitrogen and oxygen atoms in total. The van der Waals surface area contributed by atoms with E-state index in [1.807, 2.05) is 0 Å². The molecule has 0 spiro atoms. The van der Waals surface area contributed by atoms with Crippen molar-refractivity contribution in [3.05, 3.63) is 24.3 Å². The number of rotatable bonds is 8. The van der Waals surface area contributed by atoms with Crippen LogP contribution in [0.25, 0.3) is 0 Å². The highest BCUT2D eigenvalue weighted by Crippen LogP contribution is 2.17. The van der Waals surface area contributed by atoms with E-state index in [-0.39, 0.29) is 18.1 Å². The Kier molecular flexibility index (Phi) is 5.98. The molecule has 1 saturated heterocycles. The number of ether oxygens (including phenoxy) is 2. The van der Waals surface area contributed by atoms with Crippen LogP contribution in [0.1, 0.15) is 12.8 Å². The third kappa shape index (κ3) is 4.96. The van der Waals surface area contributed by atoms with Crippen molar-refractivity contribution in [2.24, 2.45) is 5.92 Å². The maximum Gasteiger partial charge on any atom is 0.240 e. The molecule has 0 radical (unpaired) electrons. The molecule has 2 rings (SSSR count). The summed E-state index contributed by atoms with van der Waals surface area (Å²) in [5.41, 5.74) is 0. The van der Waals surface area contributed by atoms with Crippen LogP contribution in [0.15, 0.2) is 29.2 Å². The number of hydrogen-bond acceptors (Lipinski definition) is 5. The molecule has 1 unspecified atom stereocenters. The topological polar surface area (TPSA) is 84.9 Å². The first-order valence-corrected chi connectivity index (χ1v) is 8.51. The molecule has 0 amide bonds. The van der Waals surface area contributed by atoms with Crippen LogP contribution in [0.2, 0.25) is 0 Å². The molecule has 0 aliphatic carbocycles. The smallest absolute Gasteiger partial charge is 0.240 e. The van der Waals surface area contributed by atoms with Crippen LogP contribution < -0.4 is 9.46 Å². The second-order valence-corrected chi connectivity index (χ2v) is 6.73. The number of aliphatic hydroxyl groups is 1. The van der Waals surface area contributed by atoms with E-state index in [0.29, 0.717) is 18.2 Å². The summed E-state index contributed by atoms with van der Waals surface area (Å²) in [4.78, 5) is 0.210. The van der Waals surface area contributed by atoms with Gasteiger partial charge in [-0.15, -0.1) is 0 Å². The highest BCUT2D eigenvalue weighted by Gasteiger charge is 2.18. The van der Waals surface area contributed by atoms with Gasteiger partial charge >= 0.3 is 0 Å². The van der Waals surface area contributed by atoms with Gasteiger partial charge in [0.1, 0.15) is 12.4 Å². The lowest BCUT2D eigenvalue weighted by Gasteiger charge is -2.10. The summed E-state index contributed by atoms with van der Waals surface area (Å²) in [6.07, 6.45) is 1.79. The molecular formula is C14H21NO5S. The SMILES string of the molecule is O=S(=O)(NCCC1CCOC1)c1ccc(OCCO)cc1. The van der Waals surface area contributed by atoms with Crippen LogP contribution in [0.4, 0.5) is 0 Å². The Balaban J connectivity index is 1.85. The van der Waals surface area contributed by atoms with Gasteiger partial charge in [-0.25, -0.2) is 13.1 Å². The van der Waals surface area contributed by atoms with E-state index in [1.54, 1.807) is 12.1 Å². The number of nitrogens with one attached hydrogen (secondary N) is 1. The molecular weight excluding hydrogens is 294 g/mol. The molecule has 21 heavy (non-hydrogen) atoms. The maximum absolute atomic E-state index is 12.1. The molecule has 1 heterocycles. The zero-order valence-electron chi connectivity index (χ0n) is 11.8. The fourth-order valence-corrected chi connectivity index (χ4v) is 3.22. The van der Waals surface area contributed by atoms with E-state index >= 15 is 0 Å². The summed E-state index contributed by atoms with van der Waals surface area (Å²) in [6, 6.07) is 6.14. The minimum Gasteiger partial charge on any atom is -0.491 e. The Morgan fingerprint density at radius 2 is 2.10 bits per heavy atom. The molecule has 0 aromatic heterocycles. The van der Waals surface area contributed by atoms with Crippen molar-refractivity contribution in [3.8, 4) is 5.75 Å². The third-order valence-electron chi connectivity index (χ3n) is 3.36. The molecule has 0 saturated carbocycles. The summed E-state index contributed by atoms with van der Waals surface area (Å²) in [6.45, 7) is 2.02. The molecule has 0 bridgehead atoms. The quantitative estimate of drug-likeness (QED) is 0.740. The van der Waals surface area contributed by atoms with Crippen molar-refractivity contribution in [2.45, 2.75) is 17.7 Å². The zero-order chi connectivity index (χ0) is 15.1. The van der Waals surface area contributed by atoms with Crippen molar-refractivity contribution >= 4 is 10.0 Å². The predicted molar refractivity (Wildman–Crippen MR) is 77.8 cm³/mol. The van der Waals surface area contributed by atoms with Crippen molar-refractivity contribution in [1.29, 1.82) is 0 Å². The largest absolute Gasteiger partial charge is 0.491 e. The van der Waals surface area contributed by atoms with Gasteiger partial charge in [-0.1, -0.05) is 0 Å². The van der Waals surface area contributed by atoms with Crippen molar-refractivity contribution in [2.75, 3.05) is 33.0 Å². The average molecular weight is 315 g/mol. The first-order chi connectivity index (χ1) is 10.1. The summed E-state index contributed by atoms with van der Waals surface area (Å²) >= 11 is 0. The van der Waals surface area contributed by atoms with Gasteiger partial charge < -0.3 is 14.6 Å². The molecule has 1 aromatic rings. The minimum atomic E-state index is -3.48. The van der Waals surface area contributed by atoms with Crippen LogP contribution in [0, 0.1) is 5.92 Å². The Hall–Kier alpha value is -1.15. The lowest BCUT2D eigenvalue weighted by Crippen LogP contribution is -2.26. The van der Waals surface area contributed by atoms with Gasteiger partial charge in [0.25, 0.3) is 0 Å². The van der Waals surface area contributed by atoms with Crippen LogP contribution in [0.3, 0.4) is 0 Å². The Morgan fingerprint density at radius 3 is 2.71 bits per heavy atom. The third-order valence-corrected chi connectivity index (χ3v) is 4.84. The predicted octanol–water partition coefficient (Wildman–Crippen LogP) is 0.763. The first kappa shape index (κ1) is 16.2. The van der Waals surface area contributed by atoms with Crippen molar-refractivity contribution in [1.82, 2.24) is 4.72 Å². The number of aliphatic hydroxyl groups excluding tert-OH is 1. The normalized spacial score (nSPS) is 18.8. The second-order valence-electron chi connectivity index (χ2n) is 4.96. The number of sulfonamides is 1. The lowest BCUT2D eigenvalue weighted by molar-refractivity contribution is 0.184. The van der Waals surface area contributed by atoms with Gasteiger partial charge in [0.2, 0.25) is 10.0 Å². The number of benzene rings is 1. The lowest BCUT2D eigenvalue weighted by atomic mass is 10.1. The van der Waals surface area contributed by atoms with Crippen LogP contribution in [-0.4, -0.2) is 46.5 Å². The van der Waals surface area contributed by atoms with Crippen LogP contribution in [0.5, 0.6) is 5.75 Å². The second kappa shape index (κ2) is 7.74. The van der Waals surface area contributed by atoms with Crippen molar-refractivity contribution < 1.29 is 23.0 Å². The maximum atomic E-state index is 12.1. The molecule has 1 aliphatic heterocycles. The highest BCUT2D eigenvalue weighted by molar-refractivity contribution is 7.89. The summed E-state index contributed by atoms with van der Waals surface area (Å²) in [5, 5.41) is 8.66. The molecule has 7 heteroatoms. The van der Waals surface area contributed by atoms with Gasteiger partial charge in [0, 0.05) is 19.8 Å². The highest BCUT2D eigenvalue weighted by atomic mass is 32.2. The van der Waals surface area contributed by atoms with Crippen molar-refractivity contribution in [3.63, 3.8) is 0 Å². The van der Waals surface area contributed by atoms with E-state index in [4.69, 9.17) is 14.6 Å². The Labute approximate surface area is 125 Å². The molecule has 118 valence electrons. The molecule has 1 atom stereocenters. The van der Waals surface area contributed by atoms with E-state index in [1.165, 1.54) is 12.1 Å². The Bertz CT molecular complexity index is 523. The molecule has 2 N–H and O–H groups in total.